The van der Waals surface area contributed by atoms with E-state index < -0.39 is 11.7 Å². The van der Waals surface area contributed by atoms with Crippen molar-refractivity contribution in [3.8, 4) is 11.3 Å². The molecule has 0 amide bonds. The number of carbonyl (C=O) groups excluding carboxylic acids is 1. The van der Waals surface area contributed by atoms with Crippen molar-refractivity contribution in [1.29, 1.82) is 0 Å². The average molecular weight is 364 g/mol. The van der Waals surface area contributed by atoms with E-state index in [-0.39, 0.29) is 5.82 Å². The van der Waals surface area contributed by atoms with Gasteiger partial charge in [0.25, 0.3) is 0 Å². The molecule has 1 aromatic heterocycles. The molecule has 0 bridgehead atoms. The van der Waals surface area contributed by atoms with Gasteiger partial charge in [0.15, 0.2) is 0 Å². The SMILES string of the molecule is CC(C)(C)OC(=O)n1nc(-c2ccccc2)cc1/C=C/c1ccc(F)cc1. The molecule has 0 spiro atoms. The van der Waals surface area contributed by atoms with Crippen molar-refractivity contribution < 1.29 is 13.9 Å². The summed E-state index contributed by atoms with van der Waals surface area (Å²) in [5.74, 6) is -0.294. The van der Waals surface area contributed by atoms with Crippen molar-refractivity contribution >= 4 is 18.2 Å². The minimum absolute atomic E-state index is 0.294. The Morgan fingerprint density at radius 1 is 1.04 bits per heavy atom. The highest BCUT2D eigenvalue weighted by atomic mass is 19.1. The number of halogens is 1. The summed E-state index contributed by atoms with van der Waals surface area (Å²) < 4.78 is 19.8. The Morgan fingerprint density at radius 3 is 2.33 bits per heavy atom. The largest absolute Gasteiger partial charge is 0.442 e. The van der Waals surface area contributed by atoms with Gasteiger partial charge in [-0.05, 0) is 50.6 Å². The lowest BCUT2D eigenvalue weighted by Gasteiger charge is -2.19. The van der Waals surface area contributed by atoms with Gasteiger partial charge in [-0.3, -0.25) is 0 Å². The van der Waals surface area contributed by atoms with E-state index in [4.69, 9.17) is 4.74 Å². The summed E-state index contributed by atoms with van der Waals surface area (Å²) in [6.07, 6.45) is 3.01. The summed E-state index contributed by atoms with van der Waals surface area (Å²) in [7, 11) is 0. The predicted octanol–water partition coefficient (Wildman–Crippen LogP) is 5.64. The van der Waals surface area contributed by atoms with Crippen LogP contribution < -0.4 is 0 Å². The Hall–Kier alpha value is -3.21. The van der Waals surface area contributed by atoms with Gasteiger partial charge < -0.3 is 4.74 Å². The summed E-state index contributed by atoms with van der Waals surface area (Å²) in [6, 6.07) is 17.5. The first-order chi connectivity index (χ1) is 12.8. The molecule has 2 aromatic carbocycles. The summed E-state index contributed by atoms with van der Waals surface area (Å²) >= 11 is 0. The second-order valence-electron chi connectivity index (χ2n) is 7.10. The summed E-state index contributed by atoms with van der Waals surface area (Å²) in [6.45, 7) is 5.42. The van der Waals surface area contributed by atoms with Crippen LogP contribution in [0.5, 0.6) is 0 Å². The quantitative estimate of drug-likeness (QED) is 0.604. The molecule has 0 atom stereocenters. The van der Waals surface area contributed by atoms with E-state index in [1.807, 2.05) is 36.4 Å². The number of ether oxygens (including phenoxy) is 1. The molecule has 0 aliphatic carbocycles. The number of hydrogen-bond acceptors (Lipinski definition) is 3. The van der Waals surface area contributed by atoms with Gasteiger partial charge in [-0.25, -0.2) is 9.18 Å². The third-order valence-corrected chi connectivity index (χ3v) is 3.69. The van der Waals surface area contributed by atoms with Crippen molar-refractivity contribution in [2.75, 3.05) is 0 Å². The average Bonchev–Trinajstić information content (AvgIpc) is 3.05. The van der Waals surface area contributed by atoms with Crippen LogP contribution in [0, 0.1) is 5.82 Å². The molecule has 27 heavy (non-hydrogen) atoms. The lowest BCUT2D eigenvalue weighted by Crippen LogP contribution is -2.28. The molecule has 4 nitrogen and oxygen atoms in total. The fourth-order valence-electron chi connectivity index (χ4n) is 2.47. The van der Waals surface area contributed by atoms with Crippen LogP contribution in [0.25, 0.3) is 23.4 Å². The van der Waals surface area contributed by atoms with Crippen LogP contribution in [-0.2, 0) is 4.74 Å². The Bertz CT molecular complexity index is 952. The molecule has 0 unspecified atom stereocenters. The maximum Gasteiger partial charge on any atom is 0.435 e. The van der Waals surface area contributed by atoms with Crippen molar-refractivity contribution in [2.45, 2.75) is 26.4 Å². The Kier molecular flexibility index (Phi) is 5.21. The molecule has 0 aliphatic heterocycles. The van der Waals surface area contributed by atoms with Gasteiger partial charge in [0.1, 0.15) is 11.4 Å². The first-order valence-corrected chi connectivity index (χ1v) is 8.64. The Labute approximate surface area is 157 Å². The number of hydrogen-bond donors (Lipinski definition) is 0. The molecule has 1 heterocycles. The van der Waals surface area contributed by atoms with E-state index >= 15 is 0 Å². The van der Waals surface area contributed by atoms with Crippen molar-refractivity contribution in [2.24, 2.45) is 0 Å². The number of benzene rings is 2. The smallest absolute Gasteiger partial charge is 0.435 e. The molecule has 5 heteroatoms. The summed E-state index contributed by atoms with van der Waals surface area (Å²) in [5.41, 5.74) is 2.33. The molecule has 0 fully saturated rings. The second-order valence-corrected chi connectivity index (χ2v) is 7.10. The van der Waals surface area contributed by atoms with Crippen molar-refractivity contribution in [3.63, 3.8) is 0 Å². The van der Waals surface area contributed by atoms with E-state index in [0.29, 0.717) is 11.4 Å². The zero-order chi connectivity index (χ0) is 19.4. The van der Waals surface area contributed by atoms with Crippen LogP contribution in [0.2, 0.25) is 0 Å². The van der Waals surface area contributed by atoms with Crippen LogP contribution in [0.15, 0.2) is 60.7 Å². The molecule has 0 N–H and O–H groups in total. The van der Waals surface area contributed by atoms with Crippen LogP contribution in [0.1, 0.15) is 32.0 Å². The zero-order valence-electron chi connectivity index (χ0n) is 15.5. The molecule has 138 valence electrons. The fraction of sp³-hybridized carbons (Fsp3) is 0.182. The second kappa shape index (κ2) is 7.58. The van der Waals surface area contributed by atoms with E-state index in [1.54, 1.807) is 45.1 Å². The number of carbonyl (C=O) groups is 1. The minimum atomic E-state index is -0.631. The van der Waals surface area contributed by atoms with E-state index in [0.717, 1.165) is 11.1 Å². The van der Waals surface area contributed by atoms with E-state index in [1.165, 1.54) is 16.8 Å². The normalized spacial score (nSPS) is 11.7. The molecular formula is C22H21FN2O2. The molecule has 0 radical (unpaired) electrons. The summed E-state index contributed by atoms with van der Waals surface area (Å²) in [4.78, 5) is 12.6. The van der Waals surface area contributed by atoms with Crippen LogP contribution in [0.4, 0.5) is 9.18 Å². The van der Waals surface area contributed by atoms with Crippen molar-refractivity contribution in [3.05, 3.63) is 77.7 Å². The highest BCUT2D eigenvalue weighted by molar-refractivity contribution is 5.79. The van der Waals surface area contributed by atoms with Gasteiger partial charge in [-0.15, -0.1) is 0 Å². The first kappa shape index (κ1) is 18.6. The standard InChI is InChI=1S/C22H21FN2O2/c1-22(2,3)27-21(26)25-19(14-11-16-9-12-18(23)13-10-16)15-20(24-25)17-7-5-4-6-8-17/h4-15H,1-3H3/b14-11+. The number of nitrogens with zero attached hydrogens (tertiary/aromatic N) is 2. The monoisotopic (exact) mass is 364 g/mol. The number of aromatic nitrogens is 2. The van der Waals surface area contributed by atoms with Gasteiger partial charge >= 0.3 is 6.09 Å². The Morgan fingerprint density at radius 2 is 1.70 bits per heavy atom. The fourth-order valence-corrected chi connectivity index (χ4v) is 2.47. The summed E-state index contributed by atoms with van der Waals surface area (Å²) in [5, 5.41) is 4.42. The topological polar surface area (TPSA) is 44.1 Å². The molecule has 3 rings (SSSR count). The van der Waals surface area contributed by atoms with Gasteiger partial charge in [-0.2, -0.15) is 9.78 Å². The minimum Gasteiger partial charge on any atom is -0.442 e. The molecule has 0 aliphatic rings. The lowest BCUT2D eigenvalue weighted by molar-refractivity contribution is 0.0514. The highest BCUT2D eigenvalue weighted by Crippen LogP contribution is 2.21. The highest BCUT2D eigenvalue weighted by Gasteiger charge is 2.21. The van der Waals surface area contributed by atoms with Gasteiger partial charge in [0.05, 0.1) is 11.4 Å². The van der Waals surface area contributed by atoms with Crippen molar-refractivity contribution in [1.82, 2.24) is 9.78 Å². The maximum absolute atomic E-state index is 13.1. The van der Waals surface area contributed by atoms with E-state index in [9.17, 15) is 9.18 Å². The Balaban J connectivity index is 1.98. The van der Waals surface area contributed by atoms with Gasteiger partial charge in [0, 0.05) is 5.56 Å². The van der Waals surface area contributed by atoms with Gasteiger partial charge in [0.2, 0.25) is 0 Å². The third-order valence-electron chi connectivity index (χ3n) is 3.69. The maximum atomic E-state index is 13.1. The van der Waals surface area contributed by atoms with E-state index in [2.05, 4.69) is 5.10 Å². The molecular weight excluding hydrogens is 343 g/mol. The van der Waals surface area contributed by atoms with Crippen LogP contribution >= 0.6 is 0 Å². The molecule has 0 saturated carbocycles. The predicted molar refractivity (Wildman–Crippen MR) is 105 cm³/mol. The van der Waals surface area contributed by atoms with Crippen LogP contribution in [-0.4, -0.2) is 21.5 Å². The van der Waals surface area contributed by atoms with Gasteiger partial charge in [-0.1, -0.05) is 48.5 Å². The first-order valence-electron chi connectivity index (χ1n) is 8.64. The zero-order valence-corrected chi connectivity index (χ0v) is 15.5. The van der Waals surface area contributed by atoms with Crippen LogP contribution in [0.3, 0.4) is 0 Å². The number of rotatable bonds is 3. The molecule has 0 saturated heterocycles. The molecule has 3 aromatic rings. The lowest BCUT2D eigenvalue weighted by atomic mass is 10.1. The third kappa shape index (κ3) is 4.91.